The maximum absolute atomic E-state index is 11.5. The fourth-order valence-corrected chi connectivity index (χ4v) is 2.72. The average Bonchev–Trinajstić information content (AvgIpc) is 2.68. The molecule has 0 amide bonds. The zero-order valence-electron chi connectivity index (χ0n) is 12.6. The van der Waals surface area contributed by atoms with Gasteiger partial charge in [-0.3, -0.25) is 4.79 Å². The van der Waals surface area contributed by atoms with E-state index in [0.717, 1.165) is 43.0 Å². The van der Waals surface area contributed by atoms with Crippen molar-refractivity contribution in [3.8, 4) is 0 Å². The lowest BCUT2D eigenvalue weighted by Gasteiger charge is -2.24. The molecule has 0 fully saturated rings. The summed E-state index contributed by atoms with van der Waals surface area (Å²) >= 11 is 0. The molecule has 1 aliphatic heterocycles. The zero-order valence-corrected chi connectivity index (χ0v) is 12.6. The number of nitrogens with zero attached hydrogens (tertiary/aromatic N) is 2. The Labute approximate surface area is 114 Å². The molecule has 0 atom stereocenters. The molecular formula is C15H24N2O2. The normalized spacial score (nSPS) is 16.3. The Morgan fingerprint density at radius 2 is 1.84 bits per heavy atom. The first-order valence-corrected chi connectivity index (χ1v) is 6.99. The molecule has 0 aromatic carbocycles. The van der Waals surface area contributed by atoms with Crippen LogP contribution >= 0.6 is 0 Å². The Morgan fingerprint density at radius 3 is 2.37 bits per heavy atom. The Kier molecular flexibility index (Phi) is 3.23. The van der Waals surface area contributed by atoms with Gasteiger partial charge in [0.05, 0.1) is 5.69 Å². The Hall–Kier alpha value is -1.32. The van der Waals surface area contributed by atoms with E-state index in [9.17, 15) is 9.90 Å². The second kappa shape index (κ2) is 4.36. The van der Waals surface area contributed by atoms with Crippen LogP contribution in [-0.4, -0.2) is 20.6 Å². The van der Waals surface area contributed by atoms with E-state index < -0.39 is 11.4 Å². The van der Waals surface area contributed by atoms with Crippen LogP contribution in [0.15, 0.2) is 0 Å². The minimum atomic E-state index is -0.919. The number of fused-ring (bicyclic) bond motifs is 1. The van der Waals surface area contributed by atoms with Crippen LogP contribution in [0, 0.1) is 0 Å². The molecule has 19 heavy (non-hydrogen) atoms. The summed E-state index contributed by atoms with van der Waals surface area (Å²) in [6, 6.07) is 0. The van der Waals surface area contributed by atoms with E-state index in [2.05, 4.69) is 25.3 Å². The van der Waals surface area contributed by atoms with Crippen LogP contribution < -0.4 is 0 Å². The first kappa shape index (κ1) is 14.1. The molecule has 4 heteroatoms. The summed E-state index contributed by atoms with van der Waals surface area (Å²) in [6.45, 7) is 10.9. The van der Waals surface area contributed by atoms with Crippen LogP contribution in [0.5, 0.6) is 0 Å². The number of carboxylic acid groups (broad SMARTS) is 1. The molecular weight excluding hydrogens is 240 g/mol. The summed E-state index contributed by atoms with van der Waals surface area (Å²) in [5.41, 5.74) is 0.907. The quantitative estimate of drug-likeness (QED) is 0.893. The highest BCUT2D eigenvalue weighted by Gasteiger charge is 2.38. The summed E-state index contributed by atoms with van der Waals surface area (Å²) in [4.78, 5) is 16.3. The second-order valence-corrected chi connectivity index (χ2v) is 7.02. The predicted molar refractivity (Wildman–Crippen MR) is 74.5 cm³/mol. The van der Waals surface area contributed by atoms with Gasteiger partial charge in [0.25, 0.3) is 0 Å². The highest BCUT2D eigenvalue weighted by atomic mass is 16.4. The zero-order chi connectivity index (χ0) is 14.4. The number of rotatable bonds is 2. The lowest BCUT2D eigenvalue weighted by atomic mass is 9.86. The number of hydrogen-bond acceptors (Lipinski definition) is 2. The first-order chi connectivity index (χ1) is 8.65. The van der Waals surface area contributed by atoms with Gasteiger partial charge >= 0.3 is 5.97 Å². The summed E-state index contributed by atoms with van der Waals surface area (Å²) in [6.07, 6.45) is 3.21. The standard InChI is InChI=1S/C15H24N2O2/c1-14(2,3)12-16-11(15(4,5)13(18)19)10-8-6-7-9-17(10)12/h6-9H2,1-5H3,(H,18,19). The van der Waals surface area contributed by atoms with Crippen molar-refractivity contribution < 1.29 is 9.90 Å². The summed E-state index contributed by atoms with van der Waals surface area (Å²) < 4.78 is 2.25. The highest BCUT2D eigenvalue weighted by Crippen LogP contribution is 2.34. The molecule has 2 heterocycles. The third-order valence-corrected chi connectivity index (χ3v) is 3.92. The van der Waals surface area contributed by atoms with Crippen molar-refractivity contribution in [2.75, 3.05) is 0 Å². The maximum Gasteiger partial charge on any atom is 0.315 e. The molecule has 0 saturated heterocycles. The number of aliphatic carboxylic acids is 1. The van der Waals surface area contributed by atoms with E-state index >= 15 is 0 Å². The molecule has 4 nitrogen and oxygen atoms in total. The van der Waals surface area contributed by atoms with Crippen molar-refractivity contribution in [1.29, 1.82) is 0 Å². The fourth-order valence-electron chi connectivity index (χ4n) is 2.72. The van der Waals surface area contributed by atoms with Crippen LogP contribution in [0.3, 0.4) is 0 Å². The molecule has 1 N–H and O–H groups in total. The molecule has 0 bridgehead atoms. The van der Waals surface area contributed by atoms with E-state index in [1.807, 2.05) is 0 Å². The van der Waals surface area contributed by atoms with E-state index in [-0.39, 0.29) is 5.41 Å². The summed E-state index contributed by atoms with van der Waals surface area (Å²) in [5, 5.41) is 9.46. The van der Waals surface area contributed by atoms with Crippen molar-refractivity contribution in [2.45, 2.75) is 71.3 Å². The van der Waals surface area contributed by atoms with Gasteiger partial charge in [-0.25, -0.2) is 4.98 Å². The lowest BCUT2D eigenvalue weighted by Crippen LogP contribution is -2.31. The lowest BCUT2D eigenvalue weighted by molar-refractivity contribution is -0.142. The van der Waals surface area contributed by atoms with Crippen molar-refractivity contribution in [2.24, 2.45) is 0 Å². The molecule has 0 aliphatic carbocycles. The van der Waals surface area contributed by atoms with Crippen molar-refractivity contribution in [1.82, 2.24) is 9.55 Å². The van der Waals surface area contributed by atoms with Crippen LogP contribution in [0.4, 0.5) is 0 Å². The topological polar surface area (TPSA) is 55.1 Å². The van der Waals surface area contributed by atoms with Gasteiger partial charge in [-0.2, -0.15) is 0 Å². The Balaban J connectivity index is 2.64. The summed E-state index contributed by atoms with van der Waals surface area (Å²) in [7, 11) is 0. The van der Waals surface area contributed by atoms with Gasteiger partial charge in [-0.15, -0.1) is 0 Å². The SMILES string of the molecule is CC(C)(C)c1nc(C(C)(C)C(=O)O)c2n1CCCC2. The maximum atomic E-state index is 11.5. The predicted octanol–water partition coefficient (Wildman–Crippen LogP) is 2.88. The number of carbonyl (C=O) groups is 1. The van der Waals surface area contributed by atoms with Crippen molar-refractivity contribution >= 4 is 5.97 Å². The molecule has 0 unspecified atom stereocenters. The van der Waals surface area contributed by atoms with Gasteiger partial charge in [0.15, 0.2) is 0 Å². The van der Waals surface area contributed by atoms with Crippen molar-refractivity contribution in [3.05, 3.63) is 17.2 Å². The fraction of sp³-hybridized carbons (Fsp3) is 0.733. The number of carboxylic acids is 1. The van der Waals surface area contributed by atoms with Crippen LogP contribution in [0.2, 0.25) is 0 Å². The average molecular weight is 264 g/mol. The smallest absolute Gasteiger partial charge is 0.315 e. The van der Waals surface area contributed by atoms with E-state index in [1.54, 1.807) is 13.8 Å². The van der Waals surface area contributed by atoms with E-state index in [0.29, 0.717) is 0 Å². The minimum Gasteiger partial charge on any atom is -0.481 e. The van der Waals surface area contributed by atoms with Gasteiger partial charge in [-0.05, 0) is 33.1 Å². The van der Waals surface area contributed by atoms with E-state index in [4.69, 9.17) is 4.98 Å². The van der Waals surface area contributed by atoms with Gasteiger partial charge < -0.3 is 9.67 Å². The molecule has 1 aromatic heterocycles. The highest BCUT2D eigenvalue weighted by molar-refractivity contribution is 5.80. The molecule has 2 rings (SSSR count). The largest absolute Gasteiger partial charge is 0.481 e. The first-order valence-electron chi connectivity index (χ1n) is 6.99. The van der Waals surface area contributed by atoms with E-state index in [1.165, 1.54) is 0 Å². The molecule has 106 valence electrons. The Bertz CT molecular complexity index is 507. The summed E-state index contributed by atoms with van der Waals surface area (Å²) in [5.74, 6) is 0.214. The third kappa shape index (κ3) is 2.28. The number of imidazole rings is 1. The van der Waals surface area contributed by atoms with Crippen LogP contribution in [-0.2, 0) is 28.6 Å². The van der Waals surface area contributed by atoms with Gasteiger partial charge in [0.1, 0.15) is 11.2 Å². The molecule has 1 aromatic rings. The third-order valence-electron chi connectivity index (χ3n) is 3.92. The van der Waals surface area contributed by atoms with Gasteiger partial charge in [-0.1, -0.05) is 20.8 Å². The molecule has 0 saturated carbocycles. The van der Waals surface area contributed by atoms with Crippen LogP contribution in [0.1, 0.15) is 64.7 Å². The van der Waals surface area contributed by atoms with Gasteiger partial charge in [0.2, 0.25) is 0 Å². The molecule has 1 aliphatic rings. The van der Waals surface area contributed by atoms with Crippen LogP contribution in [0.25, 0.3) is 0 Å². The number of hydrogen-bond donors (Lipinski definition) is 1. The second-order valence-electron chi connectivity index (χ2n) is 7.02. The van der Waals surface area contributed by atoms with Gasteiger partial charge in [0, 0.05) is 17.7 Å². The molecule has 0 spiro atoms. The number of aromatic nitrogens is 2. The Morgan fingerprint density at radius 1 is 1.21 bits per heavy atom. The molecule has 0 radical (unpaired) electrons. The monoisotopic (exact) mass is 264 g/mol. The van der Waals surface area contributed by atoms with Crippen molar-refractivity contribution in [3.63, 3.8) is 0 Å². The minimum absolute atomic E-state index is 0.0566.